The van der Waals surface area contributed by atoms with Crippen LogP contribution in [0.1, 0.15) is 5.56 Å². The molecule has 4 aromatic rings. The van der Waals surface area contributed by atoms with Crippen molar-refractivity contribution in [2.45, 2.75) is 0 Å². The van der Waals surface area contributed by atoms with Crippen molar-refractivity contribution < 1.29 is 17.0 Å². The highest BCUT2D eigenvalue weighted by Crippen LogP contribution is 2.55. The first-order chi connectivity index (χ1) is 13.9. The summed E-state index contributed by atoms with van der Waals surface area (Å²) in [7, 11) is -1.78. The van der Waals surface area contributed by atoms with Gasteiger partial charge in [-0.2, -0.15) is 0 Å². The summed E-state index contributed by atoms with van der Waals surface area (Å²) >= 11 is 0. The summed E-state index contributed by atoms with van der Waals surface area (Å²) in [6.07, 6.45) is 5.61. The Morgan fingerprint density at radius 1 is 0.483 bits per heavy atom. The Hall–Kier alpha value is -2.47. The third kappa shape index (κ3) is 4.75. The van der Waals surface area contributed by atoms with Crippen molar-refractivity contribution in [3.8, 4) is 0 Å². The SMILES string of the molecule is C(=C\c1ccccc1)/C[P+](c1ccccc1)(c1ccccc1)c1ccccc1.[Br-]. The Morgan fingerprint density at radius 3 is 1.21 bits per heavy atom. The molecular weight excluding hydrogens is 435 g/mol. The monoisotopic (exact) mass is 458 g/mol. The van der Waals surface area contributed by atoms with E-state index in [-0.39, 0.29) is 17.0 Å². The van der Waals surface area contributed by atoms with Crippen LogP contribution >= 0.6 is 7.26 Å². The maximum atomic E-state index is 2.36. The number of hydrogen-bond acceptors (Lipinski definition) is 0. The number of benzene rings is 4. The summed E-state index contributed by atoms with van der Waals surface area (Å²) < 4.78 is 0. The number of rotatable bonds is 6. The fourth-order valence-corrected chi connectivity index (χ4v) is 7.71. The molecule has 0 saturated heterocycles. The molecule has 0 aliphatic rings. The Balaban J connectivity index is 0.00000240. The van der Waals surface area contributed by atoms with Crippen LogP contribution in [0.3, 0.4) is 0 Å². The van der Waals surface area contributed by atoms with Gasteiger partial charge in [0.2, 0.25) is 0 Å². The molecule has 0 bridgehead atoms. The van der Waals surface area contributed by atoms with Gasteiger partial charge >= 0.3 is 0 Å². The molecule has 0 N–H and O–H groups in total. The van der Waals surface area contributed by atoms with E-state index in [0.717, 1.165) is 6.16 Å². The summed E-state index contributed by atoms with van der Waals surface area (Å²) in [5, 5.41) is 4.26. The second kappa shape index (κ2) is 10.3. The maximum absolute atomic E-state index is 2.36. The largest absolute Gasteiger partial charge is 1.00 e. The van der Waals surface area contributed by atoms with Gasteiger partial charge in [-0.15, -0.1) is 0 Å². The van der Waals surface area contributed by atoms with Crippen LogP contribution in [0.5, 0.6) is 0 Å². The molecule has 0 radical (unpaired) electrons. The minimum atomic E-state index is -1.78. The first kappa shape index (κ1) is 21.2. The predicted octanol–water partition coefficient (Wildman–Crippen LogP) is 2.70. The van der Waals surface area contributed by atoms with Crippen molar-refractivity contribution in [2.24, 2.45) is 0 Å². The molecule has 0 amide bonds. The van der Waals surface area contributed by atoms with Gasteiger partial charge in [-0.1, -0.05) is 91.0 Å². The molecule has 0 fully saturated rings. The van der Waals surface area contributed by atoms with Crippen molar-refractivity contribution in [2.75, 3.05) is 6.16 Å². The average molecular weight is 459 g/mol. The van der Waals surface area contributed by atoms with Gasteiger partial charge in [-0.05, 0) is 48.0 Å². The van der Waals surface area contributed by atoms with Crippen LogP contribution < -0.4 is 32.9 Å². The first-order valence-corrected chi connectivity index (χ1v) is 11.6. The molecular formula is C27H24BrP. The van der Waals surface area contributed by atoms with Crippen LogP contribution in [0.2, 0.25) is 0 Å². The number of allylic oxidation sites excluding steroid dienone is 1. The van der Waals surface area contributed by atoms with E-state index in [0.29, 0.717) is 0 Å². The highest BCUT2D eigenvalue weighted by molar-refractivity contribution is 7.95. The average Bonchev–Trinajstić information content (AvgIpc) is 2.79. The van der Waals surface area contributed by atoms with Crippen LogP contribution in [0.15, 0.2) is 127 Å². The van der Waals surface area contributed by atoms with E-state index in [1.807, 2.05) is 0 Å². The molecule has 4 aromatic carbocycles. The van der Waals surface area contributed by atoms with Crippen LogP contribution in [0.25, 0.3) is 6.08 Å². The zero-order valence-corrected chi connectivity index (χ0v) is 18.7. The van der Waals surface area contributed by atoms with E-state index in [9.17, 15) is 0 Å². The van der Waals surface area contributed by atoms with Gasteiger partial charge < -0.3 is 17.0 Å². The summed E-state index contributed by atoms with van der Waals surface area (Å²) in [6, 6.07) is 43.6. The van der Waals surface area contributed by atoms with Crippen LogP contribution in [-0.2, 0) is 0 Å². The van der Waals surface area contributed by atoms with Crippen LogP contribution in [0, 0.1) is 0 Å². The van der Waals surface area contributed by atoms with Gasteiger partial charge in [0.05, 0.1) is 6.16 Å². The summed E-state index contributed by atoms with van der Waals surface area (Å²) in [6.45, 7) is 0. The van der Waals surface area contributed by atoms with Crippen molar-refractivity contribution in [1.29, 1.82) is 0 Å². The zero-order chi connectivity index (χ0) is 19.1. The lowest BCUT2D eigenvalue weighted by Gasteiger charge is -2.26. The number of hydrogen-bond donors (Lipinski definition) is 0. The maximum Gasteiger partial charge on any atom is 0.115 e. The molecule has 29 heavy (non-hydrogen) atoms. The second-order valence-electron chi connectivity index (χ2n) is 6.81. The van der Waals surface area contributed by atoms with Gasteiger partial charge in [0.15, 0.2) is 0 Å². The van der Waals surface area contributed by atoms with E-state index in [1.165, 1.54) is 21.5 Å². The molecule has 0 unspecified atom stereocenters. The van der Waals surface area contributed by atoms with Gasteiger partial charge in [0.1, 0.15) is 23.2 Å². The molecule has 0 nitrogen and oxygen atoms in total. The van der Waals surface area contributed by atoms with Crippen LogP contribution in [-0.4, -0.2) is 6.16 Å². The van der Waals surface area contributed by atoms with E-state index in [2.05, 4.69) is 133 Å². The smallest absolute Gasteiger partial charge is 0.115 e. The first-order valence-electron chi connectivity index (χ1n) is 9.66. The highest BCUT2D eigenvalue weighted by atomic mass is 79.9. The fraction of sp³-hybridized carbons (Fsp3) is 0.0370. The highest BCUT2D eigenvalue weighted by Gasteiger charge is 2.43. The quantitative estimate of drug-likeness (QED) is 0.389. The van der Waals surface area contributed by atoms with Crippen molar-refractivity contribution in [1.82, 2.24) is 0 Å². The molecule has 0 saturated carbocycles. The normalized spacial score (nSPS) is 11.2. The molecule has 4 rings (SSSR count). The number of halogens is 1. The Morgan fingerprint density at radius 2 is 0.828 bits per heavy atom. The van der Waals surface area contributed by atoms with Gasteiger partial charge in [0.25, 0.3) is 0 Å². The van der Waals surface area contributed by atoms with E-state index in [4.69, 9.17) is 0 Å². The Labute approximate surface area is 185 Å². The lowest BCUT2D eigenvalue weighted by Crippen LogP contribution is -3.00. The molecule has 0 heterocycles. The zero-order valence-electron chi connectivity index (χ0n) is 16.2. The lowest BCUT2D eigenvalue weighted by atomic mass is 10.2. The molecule has 0 aliphatic carbocycles. The lowest BCUT2D eigenvalue weighted by molar-refractivity contribution is -0.00000533. The minimum absolute atomic E-state index is 0. The summed E-state index contributed by atoms with van der Waals surface area (Å²) in [5.41, 5.74) is 1.25. The van der Waals surface area contributed by atoms with Gasteiger partial charge in [0, 0.05) is 0 Å². The standard InChI is InChI=1S/C27H24P.BrH/c1-5-14-24(15-6-1)16-13-23-28(25-17-7-2-8-18-25,26-19-9-3-10-20-26)27-21-11-4-12-22-27;/h1-22H,23H2;1H/q+1;/p-1/b16-13+;. The molecule has 144 valence electrons. The van der Waals surface area contributed by atoms with E-state index >= 15 is 0 Å². The van der Waals surface area contributed by atoms with Crippen molar-refractivity contribution >= 4 is 29.3 Å². The molecule has 0 atom stereocenters. The van der Waals surface area contributed by atoms with Gasteiger partial charge in [-0.25, -0.2) is 0 Å². The Bertz CT molecular complexity index is 916. The van der Waals surface area contributed by atoms with E-state index < -0.39 is 7.26 Å². The summed E-state index contributed by atoms with van der Waals surface area (Å²) in [5.74, 6) is 0. The van der Waals surface area contributed by atoms with Crippen molar-refractivity contribution in [3.63, 3.8) is 0 Å². The third-order valence-electron chi connectivity index (χ3n) is 5.08. The molecule has 0 aromatic heterocycles. The fourth-order valence-electron chi connectivity index (χ4n) is 3.72. The van der Waals surface area contributed by atoms with Gasteiger partial charge in [-0.3, -0.25) is 0 Å². The second-order valence-corrected chi connectivity index (χ2v) is 10.3. The van der Waals surface area contributed by atoms with Crippen molar-refractivity contribution in [3.05, 3.63) is 133 Å². The molecule has 0 spiro atoms. The predicted molar refractivity (Wildman–Crippen MR) is 125 cm³/mol. The third-order valence-corrected chi connectivity index (χ3v) is 9.38. The van der Waals surface area contributed by atoms with E-state index in [1.54, 1.807) is 0 Å². The minimum Gasteiger partial charge on any atom is -1.00 e. The molecule has 0 aliphatic heterocycles. The topological polar surface area (TPSA) is 0 Å². The Kier molecular flexibility index (Phi) is 7.58. The molecule has 2 heteroatoms. The van der Waals surface area contributed by atoms with Crippen LogP contribution in [0.4, 0.5) is 0 Å². The summed E-state index contributed by atoms with van der Waals surface area (Å²) in [4.78, 5) is 0.